The molecule has 5 heteroatoms. The van der Waals surface area contributed by atoms with Crippen molar-refractivity contribution >= 4 is 27.5 Å². The first kappa shape index (κ1) is 18.0. The van der Waals surface area contributed by atoms with Crippen molar-refractivity contribution in [2.24, 2.45) is 0 Å². The minimum absolute atomic E-state index is 0.0526. The van der Waals surface area contributed by atoms with Gasteiger partial charge in [0.1, 0.15) is 0 Å². The van der Waals surface area contributed by atoms with E-state index in [0.29, 0.717) is 12.6 Å². The zero-order valence-corrected chi connectivity index (χ0v) is 15.0. The molecule has 0 saturated heterocycles. The molecule has 0 aliphatic rings. The Labute approximate surface area is 136 Å². The van der Waals surface area contributed by atoms with Gasteiger partial charge in [-0.1, -0.05) is 26.8 Å². The smallest absolute Gasteiger partial charge is 0.239 e. The van der Waals surface area contributed by atoms with E-state index in [4.69, 9.17) is 0 Å². The van der Waals surface area contributed by atoms with Crippen molar-refractivity contribution in [1.82, 2.24) is 10.6 Å². The first-order valence-electron chi connectivity index (χ1n) is 7.43. The molecule has 0 aliphatic heterocycles. The Balaban J connectivity index is 2.64. The van der Waals surface area contributed by atoms with Crippen LogP contribution in [0, 0.1) is 0 Å². The highest BCUT2D eigenvalue weighted by atomic mass is 79.9. The number of hydrogen-bond donors (Lipinski definition) is 2. The number of nitrogens with zero attached hydrogens (tertiary/aromatic N) is 1. The number of hydrogen-bond acceptors (Lipinski definition) is 3. The molecule has 0 bridgehead atoms. The van der Waals surface area contributed by atoms with E-state index >= 15 is 0 Å². The Morgan fingerprint density at radius 1 is 1.38 bits per heavy atom. The minimum atomic E-state index is 0.0526. The fourth-order valence-corrected chi connectivity index (χ4v) is 2.64. The fourth-order valence-electron chi connectivity index (χ4n) is 1.91. The average Bonchev–Trinajstić information content (AvgIpc) is 2.42. The maximum absolute atomic E-state index is 11.8. The van der Waals surface area contributed by atoms with E-state index in [9.17, 15) is 4.79 Å². The lowest BCUT2D eigenvalue weighted by Crippen LogP contribution is -2.35. The number of amides is 1. The fraction of sp³-hybridized carbons (Fsp3) is 0.562. The van der Waals surface area contributed by atoms with E-state index in [1.165, 1.54) is 5.56 Å². The second-order valence-corrected chi connectivity index (χ2v) is 6.38. The third-order valence-corrected chi connectivity index (χ3v) is 3.73. The van der Waals surface area contributed by atoms with Gasteiger partial charge in [-0.25, -0.2) is 0 Å². The minimum Gasteiger partial charge on any atom is -0.364 e. The van der Waals surface area contributed by atoms with Crippen LogP contribution >= 0.6 is 15.9 Å². The standard InChI is InChI=1S/C16H26BrN3O/c1-5-8-18-16(21)11-20(4)15-7-6-13(9-14(15)17)10-19-12(2)3/h6-7,9,12,19H,5,8,10-11H2,1-4H3,(H,18,21). The van der Waals surface area contributed by atoms with Crippen molar-refractivity contribution < 1.29 is 4.79 Å². The summed E-state index contributed by atoms with van der Waals surface area (Å²) in [6.45, 7) is 8.25. The quantitative estimate of drug-likeness (QED) is 0.753. The predicted octanol–water partition coefficient (Wildman–Crippen LogP) is 2.91. The van der Waals surface area contributed by atoms with Crippen molar-refractivity contribution in [1.29, 1.82) is 0 Å². The molecule has 2 N–H and O–H groups in total. The van der Waals surface area contributed by atoms with Gasteiger partial charge in [-0.15, -0.1) is 0 Å². The van der Waals surface area contributed by atoms with Gasteiger partial charge in [-0.2, -0.15) is 0 Å². The molecule has 1 aromatic carbocycles. The summed E-state index contributed by atoms with van der Waals surface area (Å²) >= 11 is 3.60. The maximum Gasteiger partial charge on any atom is 0.239 e. The van der Waals surface area contributed by atoms with Crippen molar-refractivity contribution in [3.63, 3.8) is 0 Å². The van der Waals surface area contributed by atoms with Crippen molar-refractivity contribution in [2.45, 2.75) is 39.8 Å². The molecule has 1 amide bonds. The second kappa shape index (κ2) is 9.05. The topological polar surface area (TPSA) is 44.4 Å². The summed E-state index contributed by atoms with van der Waals surface area (Å²) in [6, 6.07) is 6.71. The molecule has 4 nitrogen and oxygen atoms in total. The maximum atomic E-state index is 11.8. The lowest BCUT2D eigenvalue weighted by molar-refractivity contribution is -0.119. The molecule has 0 unspecified atom stereocenters. The Hall–Kier alpha value is -1.07. The highest BCUT2D eigenvalue weighted by Crippen LogP contribution is 2.26. The van der Waals surface area contributed by atoms with Gasteiger partial charge in [0.2, 0.25) is 5.91 Å². The summed E-state index contributed by atoms with van der Waals surface area (Å²) in [7, 11) is 1.93. The molecule has 1 rings (SSSR count). The molecule has 0 aliphatic carbocycles. The largest absolute Gasteiger partial charge is 0.364 e. The Bertz CT molecular complexity index is 463. The van der Waals surface area contributed by atoms with E-state index < -0.39 is 0 Å². The highest BCUT2D eigenvalue weighted by molar-refractivity contribution is 9.10. The van der Waals surface area contributed by atoms with Gasteiger partial charge in [0.25, 0.3) is 0 Å². The molecule has 0 atom stereocenters. The van der Waals surface area contributed by atoms with Crippen LogP contribution in [0.1, 0.15) is 32.8 Å². The molecular weight excluding hydrogens is 330 g/mol. The van der Waals surface area contributed by atoms with E-state index in [2.05, 4.69) is 58.6 Å². The molecule has 0 radical (unpaired) electrons. The zero-order valence-electron chi connectivity index (χ0n) is 13.4. The number of carbonyl (C=O) groups is 1. The first-order chi connectivity index (χ1) is 9.93. The molecule has 0 saturated carbocycles. The molecule has 0 heterocycles. The van der Waals surface area contributed by atoms with E-state index in [1.54, 1.807) is 0 Å². The summed E-state index contributed by atoms with van der Waals surface area (Å²) in [4.78, 5) is 13.7. The summed E-state index contributed by atoms with van der Waals surface area (Å²) in [6.07, 6.45) is 0.955. The van der Waals surface area contributed by atoms with E-state index in [-0.39, 0.29) is 5.91 Å². The number of anilines is 1. The lowest BCUT2D eigenvalue weighted by atomic mass is 10.2. The van der Waals surface area contributed by atoms with Gasteiger partial charge in [-0.3, -0.25) is 4.79 Å². The number of benzene rings is 1. The second-order valence-electron chi connectivity index (χ2n) is 5.53. The Morgan fingerprint density at radius 3 is 2.67 bits per heavy atom. The Morgan fingerprint density at radius 2 is 2.10 bits per heavy atom. The van der Waals surface area contributed by atoms with Crippen LogP contribution in [0.3, 0.4) is 0 Å². The van der Waals surface area contributed by atoms with Gasteiger partial charge in [0, 0.05) is 30.7 Å². The monoisotopic (exact) mass is 355 g/mol. The van der Waals surface area contributed by atoms with Gasteiger partial charge in [0.05, 0.1) is 12.2 Å². The summed E-state index contributed by atoms with van der Waals surface area (Å²) < 4.78 is 1.01. The van der Waals surface area contributed by atoms with Crippen LogP contribution in [0.4, 0.5) is 5.69 Å². The third-order valence-electron chi connectivity index (χ3n) is 3.09. The van der Waals surface area contributed by atoms with Gasteiger partial charge < -0.3 is 15.5 Å². The van der Waals surface area contributed by atoms with Gasteiger partial charge in [0.15, 0.2) is 0 Å². The van der Waals surface area contributed by atoms with Gasteiger partial charge >= 0.3 is 0 Å². The summed E-state index contributed by atoms with van der Waals surface area (Å²) in [5.74, 6) is 0.0526. The number of likely N-dealkylation sites (N-methyl/N-ethyl adjacent to an activating group) is 1. The summed E-state index contributed by atoms with van der Waals surface area (Å²) in [5.41, 5.74) is 2.25. The number of halogens is 1. The van der Waals surface area contributed by atoms with Crippen LogP contribution in [-0.2, 0) is 11.3 Å². The average molecular weight is 356 g/mol. The van der Waals surface area contributed by atoms with E-state index in [0.717, 1.165) is 29.7 Å². The Kier molecular flexibility index (Phi) is 7.75. The molecule has 0 aromatic heterocycles. The first-order valence-corrected chi connectivity index (χ1v) is 8.23. The lowest BCUT2D eigenvalue weighted by Gasteiger charge is -2.21. The normalized spacial score (nSPS) is 10.8. The van der Waals surface area contributed by atoms with Crippen LogP contribution in [0.5, 0.6) is 0 Å². The van der Waals surface area contributed by atoms with Crippen LogP contribution in [0.15, 0.2) is 22.7 Å². The molecule has 21 heavy (non-hydrogen) atoms. The predicted molar refractivity (Wildman–Crippen MR) is 92.7 cm³/mol. The number of carbonyl (C=O) groups excluding carboxylic acids is 1. The molecule has 118 valence electrons. The number of rotatable bonds is 8. The molecule has 1 aromatic rings. The van der Waals surface area contributed by atoms with E-state index in [1.807, 2.05) is 18.9 Å². The molecule has 0 fully saturated rings. The zero-order chi connectivity index (χ0) is 15.8. The summed E-state index contributed by atoms with van der Waals surface area (Å²) in [5, 5.41) is 6.29. The van der Waals surface area contributed by atoms with Crippen molar-refractivity contribution in [3.8, 4) is 0 Å². The van der Waals surface area contributed by atoms with Crippen LogP contribution in [-0.4, -0.2) is 32.1 Å². The van der Waals surface area contributed by atoms with Gasteiger partial charge in [-0.05, 0) is 40.0 Å². The number of nitrogens with one attached hydrogen (secondary N) is 2. The molecule has 0 spiro atoms. The van der Waals surface area contributed by atoms with Crippen LogP contribution in [0.25, 0.3) is 0 Å². The van der Waals surface area contributed by atoms with Crippen LogP contribution in [0.2, 0.25) is 0 Å². The third kappa shape index (κ3) is 6.48. The highest BCUT2D eigenvalue weighted by Gasteiger charge is 2.10. The SMILES string of the molecule is CCCNC(=O)CN(C)c1ccc(CNC(C)C)cc1Br. The molecular formula is C16H26BrN3O. The van der Waals surface area contributed by atoms with Crippen molar-refractivity contribution in [2.75, 3.05) is 25.0 Å². The van der Waals surface area contributed by atoms with Crippen molar-refractivity contribution in [3.05, 3.63) is 28.2 Å². The van der Waals surface area contributed by atoms with Crippen LogP contribution < -0.4 is 15.5 Å².